The zero-order chi connectivity index (χ0) is 23.1. The number of Topliss-reactive ketones (excluding diaryl/α,β-unsaturated/α-hetero) is 1. The lowest BCUT2D eigenvalue weighted by molar-refractivity contribution is -0.126. The standard InChI is InChI=1S/C24H30N4O4/c1-3-7-19(23(30)26-16(14-25)12-15-8-4-5-10-21(15)29)28-24(31)20-13-17-18(27-20)9-6-11-22(17)32-2/h6,9,11,13,15-16,19,27H,3-5,7-8,10,12H2,1-2H3,(H,26,30)(H,28,31). The highest BCUT2D eigenvalue weighted by Gasteiger charge is 2.28. The van der Waals surface area contributed by atoms with Crippen molar-refractivity contribution in [2.24, 2.45) is 5.92 Å². The van der Waals surface area contributed by atoms with Crippen LogP contribution < -0.4 is 15.4 Å². The molecule has 3 rings (SSSR count). The first-order chi connectivity index (χ1) is 15.5. The molecule has 3 N–H and O–H groups in total. The van der Waals surface area contributed by atoms with Crippen molar-refractivity contribution in [3.05, 3.63) is 30.0 Å². The quantitative estimate of drug-likeness (QED) is 0.554. The number of aromatic amines is 1. The lowest BCUT2D eigenvalue weighted by Crippen LogP contribution is -2.50. The lowest BCUT2D eigenvalue weighted by atomic mass is 9.84. The van der Waals surface area contributed by atoms with E-state index < -0.39 is 23.9 Å². The summed E-state index contributed by atoms with van der Waals surface area (Å²) in [4.78, 5) is 40.9. The number of amides is 2. The van der Waals surface area contributed by atoms with Gasteiger partial charge in [-0.15, -0.1) is 0 Å². The van der Waals surface area contributed by atoms with Gasteiger partial charge in [0.1, 0.15) is 29.3 Å². The third-order valence-corrected chi connectivity index (χ3v) is 5.96. The number of ether oxygens (including phenoxy) is 1. The minimum absolute atomic E-state index is 0.165. The van der Waals surface area contributed by atoms with E-state index in [9.17, 15) is 19.6 Å². The monoisotopic (exact) mass is 438 g/mol. The summed E-state index contributed by atoms with van der Waals surface area (Å²) >= 11 is 0. The van der Waals surface area contributed by atoms with E-state index in [1.54, 1.807) is 13.2 Å². The Balaban J connectivity index is 1.67. The van der Waals surface area contributed by atoms with Crippen LogP contribution in [0.3, 0.4) is 0 Å². The molecule has 8 nitrogen and oxygen atoms in total. The van der Waals surface area contributed by atoms with Crippen LogP contribution in [0.25, 0.3) is 10.9 Å². The molecule has 32 heavy (non-hydrogen) atoms. The highest BCUT2D eigenvalue weighted by molar-refractivity contribution is 6.01. The normalized spacial score (nSPS) is 17.9. The zero-order valence-corrected chi connectivity index (χ0v) is 18.6. The van der Waals surface area contributed by atoms with E-state index >= 15 is 0 Å². The maximum atomic E-state index is 12.9. The van der Waals surface area contributed by atoms with Gasteiger partial charge in [0.15, 0.2) is 0 Å². The lowest BCUT2D eigenvalue weighted by Gasteiger charge is -2.24. The predicted octanol–water partition coefficient (Wildman–Crippen LogP) is 3.23. The summed E-state index contributed by atoms with van der Waals surface area (Å²) in [5.41, 5.74) is 1.08. The van der Waals surface area contributed by atoms with Gasteiger partial charge < -0.3 is 20.4 Å². The molecule has 3 atom stereocenters. The van der Waals surface area contributed by atoms with Crippen molar-refractivity contribution in [3.63, 3.8) is 0 Å². The number of rotatable bonds is 9. The Morgan fingerprint density at radius 2 is 2.12 bits per heavy atom. The molecule has 0 radical (unpaired) electrons. The SMILES string of the molecule is CCCC(NC(=O)c1cc2c(OC)cccc2[nH]1)C(=O)NC(C#N)CC1CCCCC1=O. The van der Waals surface area contributed by atoms with Crippen molar-refractivity contribution in [2.45, 2.75) is 64.0 Å². The van der Waals surface area contributed by atoms with E-state index in [0.717, 1.165) is 30.2 Å². The van der Waals surface area contributed by atoms with E-state index in [0.29, 0.717) is 37.1 Å². The van der Waals surface area contributed by atoms with Crippen LogP contribution in [-0.2, 0) is 9.59 Å². The van der Waals surface area contributed by atoms with Crippen molar-refractivity contribution < 1.29 is 19.1 Å². The Hall–Kier alpha value is -3.34. The number of ketones is 1. The van der Waals surface area contributed by atoms with Gasteiger partial charge in [0.25, 0.3) is 5.91 Å². The third kappa shape index (κ3) is 5.47. The largest absolute Gasteiger partial charge is 0.496 e. The molecule has 1 aliphatic rings. The van der Waals surface area contributed by atoms with Crippen LogP contribution in [-0.4, -0.2) is 41.8 Å². The summed E-state index contributed by atoms with van der Waals surface area (Å²) in [5, 5.41) is 15.8. The molecule has 8 heteroatoms. The summed E-state index contributed by atoms with van der Waals surface area (Å²) in [7, 11) is 1.57. The summed E-state index contributed by atoms with van der Waals surface area (Å²) in [6.45, 7) is 1.92. The summed E-state index contributed by atoms with van der Waals surface area (Å²) in [6, 6.07) is 7.73. The molecule has 1 aliphatic carbocycles. The van der Waals surface area contributed by atoms with Gasteiger partial charge in [-0.2, -0.15) is 5.26 Å². The number of fused-ring (bicyclic) bond motifs is 1. The highest BCUT2D eigenvalue weighted by atomic mass is 16.5. The number of nitrogens with zero attached hydrogens (tertiary/aromatic N) is 1. The maximum absolute atomic E-state index is 12.9. The van der Waals surface area contributed by atoms with Gasteiger partial charge >= 0.3 is 0 Å². The average molecular weight is 439 g/mol. The van der Waals surface area contributed by atoms with Crippen LogP contribution >= 0.6 is 0 Å². The predicted molar refractivity (Wildman–Crippen MR) is 120 cm³/mol. The van der Waals surface area contributed by atoms with Gasteiger partial charge in [-0.25, -0.2) is 0 Å². The molecule has 1 heterocycles. The number of nitriles is 1. The Bertz CT molecular complexity index is 1020. The zero-order valence-electron chi connectivity index (χ0n) is 18.6. The smallest absolute Gasteiger partial charge is 0.268 e. The molecule has 1 aromatic heterocycles. The Morgan fingerprint density at radius 3 is 2.81 bits per heavy atom. The van der Waals surface area contributed by atoms with Crippen LogP contribution in [0, 0.1) is 17.2 Å². The summed E-state index contributed by atoms with van der Waals surface area (Å²) < 4.78 is 5.33. The van der Waals surface area contributed by atoms with Crippen molar-refractivity contribution in [2.75, 3.05) is 7.11 Å². The maximum Gasteiger partial charge on any atom is 0.268 e. The number of methoxy groups -OCH3 is 1. The third-order valence-electron chi connectivity index (χ3n) is 5.96. The number of aromatic nitrogens is 1. The molecule has 0 saturated heterocycles. The second-order valence-electron chi connectivity index (χ2n) is 8.25. The first kappa shape index (κ1) is 23.3. The topological polar surface area (TPSA) is 124 Å². The van der Waals surface area contributed by atoms with Crippen LogP contribution in [0.4, 0.5) is 0 Å². The molecule has 2 aromatic rings. The molecule has 0 aliphatic heterocycles. The van der Waals surface area contributed by atoms with Gasteiger partial charge in [-0.1, -0.05) is 25.8 Å². The second kappa shape index (κ2) is 10.8. The van der Waals surface area contributed by atoms with Gasteiger partial charge in [0.05, 0.1) is 13.2 Å². The van der Waals surface area contributed by atoms with Gasteiger partial charge in [-0.05, 0) is 43.9 Å². The van der Waals surface area contributed by atoms with Crippen molar-refractivity contribution in [3.8, 4) is 11.8 Å². The Morgan fingerprint density at radius 1 is 1.31 bits per heavy atom. The molecule has 2 amide bonds. The van der Waals surface area contributed by atoms with Crippen molar-refractivity contribution in [1.82, 2.24) is 15.6 Å². The highest BCUT2D eigenvalue weighted by Crippen LogP contribution is 2.26. The molecular weight excluding hydrogens is 408 g/mol. The Labute approximate surface area is 187 Å². The van der Waals surface area contributed by atoms with Crippen LogP contribution in [0.5, 0.6) is 5.75 Å². The van der Waals surface area contributed by atoms with Crippen molar-refractivity contribution >= 4 is 28.5 Å². The minimum Gasteiger partial charge on any atom is -0.496 e. The first-order valence-corrected chi connectivity index (χ1v) is 11.2. The number of benzene rings is 1. The molecule has 0 spiro atoms. The molecule has 1 saturated carbocycles. The van der Waals surface area contributed by atoms with E-state index in [4.69, 9.17) is 4.74 Å². The second-order valence-corrected chi connectivity index (χ2v) is 8.25. The summed E-state index contributed by atoms with van der Waals surface area (Å²) in [6.07, 6.45) is 4.58. The fourth-order valence-electron chi connectivity index (χ4n) is 4.23. The van der Waals surface area contributed by atoms with Crippen LogP contribution in [0.1, 0.15) is 62.4 Å². The average Bonchev–Trinajstić information content (AvgIpc) is 3.24. The van der Waals surface area contributed by atoms with E-state index in [1.165, 1.54) is 0 Å². The fraction of sp³-hybridized carbons (Fsp3) is 0.500. The first-order valence-electron chi connectivity index (χ1n) is 11.2. The Kier molecular flexibility index (Phi) is 7.87. The van der Waals surface area contributed by atoms with Crippen LogP contribution in [0.2, 0.25) is 0 Å². The molecule has 1 aromatic carbocycles. The molecule has 170 valence electrons. The van der Waals surface area contributed by atoms with E-state index in [2.05, 4.69) is 21.7 Å². The molecular formula is C24H30N4O4. The fourth-order valence-corrected chi connectivity index (χ4v) is 4.23. The number of carbonyl (C=O) groups excluding carboxylic acids is 3. The number of carbonyl (C=O) groups is 3. The van der Waals surface area contributed by atoms with Crippen molar-refractivity contribution in [1.29, 1.82) is 5.26 Å². The minimum atomic E-state index is -0.779. The number of nitrogens with one attached hydrogen (secondary N) is 3. The number of hydrogen-bond donors (Lipinski definition) is 3. The molecule has 0 bridgehead atoms. The molecule has 3 unspecified atom stereocenters. The number of H-pyrrole nitrogens is 1. The van der Waals surface area contributed by atoms with E-state index in [-0.39, 0.29) is 11.7 Å². The van der Waals surface area contributed by atoms with Gasteiger partial charge in [-0.3, -0.25) is 14.4 Å². The van der Waals surface area contributed by atoms with E-state index in [1.807, 2.05) is 25.1 Å². The van der Waals surface area contributed by atoms with Crippen LogP contribution in [0.15, 0.2) is 24.3 Å². The number of hydrogen-bond acceptors (Lipinski definition) is 5. The summed E-state index contributed by atoms with van der Waals surface area (Å²) in [5.74, 6) is -0.195. The molecule has 1 fully saturated rings. The van der Waals surface area contributed by atoms with Gasteiger partial charge in [0, 0.05) is 23.2 Å². The van der Waals surface area contributed by atoms with Gasteiger partial charge in [0.2, 0.25) is 5.91 Å².